The van der Waals surface area contributed by atoms with Crippen molar-refractivity contribution in [1.82, 2.24) is 10.9 Å². The van der Waals surface area contributed by atoms with E-state index in [4.69, 9.17) is 23.8 Å². The molecule has 0 heterocycles. The van der Waals surface area contributed by atoms with E-state index in [0.717, 1.165) is 5.56 Å². The molecule has 0 aromatic heterocycles. The van der Waals surface area contributed by atoms with Gasteiger partial charge in [-0.1, -0.05) is 29.3 Å². The predicted octanol–water partition coefficient (Wildman–Crippen LogP) is 3.19. The maximum Gasteiger partial charge on any atom is 0.271 e. The first-order chi connectivity index (χ1) is 11.4. The molecular weight excluding hydrogens is 352 g/mol. The van der Waals surface area contributed by atoms with Gasteiger partial charge in [-0.25, -0.2) is 0 Å². The number of carbonyl (C=O) groups is 1. The molecule has 2 aromatic rings. The van der Waals surface area contributed by atoms with E-state index in [1.165, 1.54) is 18.2 Å². The molecular formula is C15H13ClN4O3S. The lowest BCUT2D eigenvalue weighted by Gasteiger charge is -2.12. The van der Waals surface area contributed by atoms with E-state index in [1.807, 2.05) is 19.1 Å². The number of aryl methyl sites for hydroxylation is 1. The molecule has 0 unspecified atom stereocenters. The van der Waals surface area contributed by atoms with E-state index >= 15 is 0 Å². The number of thiocarbonyl (C=S) groups is 1. The van der Waals surface area contributed by atoms with Gasteiger partial charge in [-0.2, -0.15) is 0 Å². The molecule has 0 saturated heterocycles. The molecule has 124 valence electrons. The summed E-state index contributed by atoms with van der Waals surface area (Å²) in [5.74, 6) is -0.371. The van der Waals surface area contributed by atoms with E-state index in [9.17, 15) is 14.9 Å². The fourth-order valence-electron chi connectivity index (χ4n) is 1.77. The van der Waals surface area contributed by atoms with Gasteiger partial charge in [0, 0.05) is 17.7 Å². The largest absolute Gasteiger partial charge is 0.330 e. The average molecular weight is 365 g/mol. The Morgan fingerprint density at radius 3 is 2.46 bits per heavy atom. The molecule has 0 fully saturated rings. The number of carbonyl (C=O) groups excluding carboxylic acids is 1. The summed E-state index contributed by atoms with van der Waals surface area (Å²) in [5, 5.41) is 13.8. The first-order valence-electron chi connectivity index (χ1n) is 6.75. The van der Waals surface area contributed by atoms with Gasteiger partial charge in [-0.3, -0.25) is 25.8 Å². The van der Waals surface area contributed by atoms with Gasteiger partial charge in [0.15, 0.2) is 5.11 Å². The normalized spacial score (nSPS) is 9.92. The minimum atomic E-state index is -0.544. The molecule has 24 heavy (non-hydrogen) atoms. The summed E-state index contributed by atoms with van der Waals surface area (Å²) in [7, 11) is 0. The van der Waals surface area contributed by atoms with Crippen molar-refractivity contribution in [3.05, 3.63) is 68.7 Å². The van der Waals surface area contributed by atoms with Crippen molar-refractivity contribution in [1.29, 1.82) is 0 Å². The van der Waals surface area contributed by atoms with Gasteiger partial charge in [0.1, 0.15) is 0 Å². The monoisotopic (exact) mass is 364 g/mol. The summed E-state index contributed by atoms with van der Waals surface area (Å²) in [6.07, 6.45) is 0. The van der Waals surface area contributed by atoms with E-state index in [2.05, 4.69) is 16.2 Å². The lowest BCUT2D eigenvalue weighted by atomic mass is 10.1. The van der Waals surface area contributed by atoms with E-state index < -0.39 is 4.92 Å². The van der Waals surface area contributed by atoms with Crippen molar-refractivity contribution in [2.75, 3.05) is 5.32 Å². The van der Waals surface area contributed by atoms with Crippen LogP contribution < -0.4 is 16.2 Å². The van der Waals surface area contributed by atoms with Crippen molar-refractivity contribution in [2.45, 2.75) is 6.92 Å². The molecule has 0 aliphatic carbocycles. The van der Waals surface area contributed by atoms with Crippen LogP contribution in [0.2, 0.25) is 5.02 Å². The summed E-state index contributed by atoms with van der Waals surface area (Å²) in [5.41, 5.74) is 6.57. The molecule has 0 spiro atoms. The summed E-state index contributed by atoms with van der Waals surface area (Å²) in [4.78, 5) is 22.2. The SMILES string of the molecule is Cc1ccc(C(=O)NNC(=S)Nc2cc([N+](=O)[O-])ccc2Cl)cc1. The average Bonchev–Trinajstić information content (AvgIpc) is 2.55. The van der Waals surface area contributed by atoms with Crippen molar-refractivity contribution in [3.63, 3.8) is 0 Å². The summed E-state index contributed by atoms with van der Waals surface area (Å²) < 4.78 is 0. The van der Waals surface area contributed by atoms with Gasteiger partial charge in [-0.15, -0.1) is 0 Å². The maximum absolute atomic E-state index is 11.9. The number of halogens is 1. The van der Waals surface area contributed by atoms with Crippen LogP contribution in [0, 0.1) is 17.0 Å². The second-order valence-electron chi connectivity index (χ2n) is 4.82. The quantitative estimate of drug-likeness (QED) is 0.439. The fraction of sp³-hybridized carbons (Fsp3) is 0.0667. The van der Waals surface area contributed by atoms with Crippen molar-refractivity contribution >= 4 is 46.2 Å². The third-order valence-corrected chi connectivity index (χ3v) is 3.55. The summed E-state index contributed by atoms with van der Waals surface area (Å²) >= 11 is 11.0. The first kappa shape index (κ1) is 17.6. The number of benzene rings is 2. The fourth-order valence-corrected chi connectivity index (χ4v) is 2.09. The van der Waals surface area contributed by atoms with E-state index in [1.54, 1.807) is 12.1 Å². The highest BCUT2D eigenvalue weighted by Gasteiger charge is 2.11. The third kappa shape index (κ3) is 4.64. The Labute approximate surface area is 148 Å². The highest BCUT2D eigenvalue weighted by molar-refractivity contribution is 7.80. The topological polar surface area (TPSA) is 96.3 Å². The second-order valence-corrected chi connectivity index (χ2v) is 5.64. The molecule has 0 atom stereocenters. The number of hydrazine groups is 1. The highest BCUT2D eigenvalue weighted by Crippen LogP contribution is 2.26. The zero-order valence-corrected chi connectivity index (χ0v) is 14.1. The predicted molar refractivity (Wildman–Crippen MR) is 96.1 cm³/mol. The number of hydrogen-bond donors (Lipinski definition) is 3. The lowest BCUT2D eigenvalue weighted by Crippen LogP contribution is -2.43. The van der Waals surface area contributed by atoms with Crippen LogP contribution in [0.1, 0.15) is 15.9 Å². The van der Waals surface area contributed by atoms with Crippen LogP contribution >= 0.6 is 23.8 Å². The third-order valence-electron chi connectivity index (χ3n) is 3.01. The molecule has 3 N–H and O–H groups in total. The number of nitro benzene ring substituents is 1. The Hall–Kier alpha value is -2.71. The van der Waals surface area contributed by atoms with Gasteiger partial charge in [0.05, 0.1) is 15.6 Å². The van der Waals surface area contributed by atoms with Gasteiger partial charge in [0.25, 0.3) is 11.6 Å². The smallest absolute Gasteiger partial charge is 0.271 e. The van der Waals surface area contributed by atoms with Crippen LogP contribution in [0.25, 0.3) is 0 Å². The Morgan fingerprint density at radius 1 is 1.17 bits per heavy atom. The van der Waals surface area contributed by atoms with Crippen LogP contribution in [0.5, 0.6) is 0 Å². The molecule has 1 amide bonds. The van der Waals surface area contributed by atoms with Gasteiger partial charge >= 0.3 is 0 Å². The molecule has 2 rings (SSSR count). The zero-order valence-electron chi connectivity index (χ0n) is 12.5. The minimum Gasteiger partial charge on any atom is -0.330 e. The number of non-ortho nitro benzene ring substituents is 1. The van der Waals surface area contributed by atoms with Crippen LogP contribution in [-0.4, -0.2) is 15.9 Å². The van der Waals surface area contributed by atoms with Crippen LogP contribution in [0.4, 0.5) is 11.4 Å². The van der Waals surface area contributed by atoms with Gasteiger partial charge < -0.3 is 5.32 Å². The number of hydrogen-bond acceptors (Lipinski definition) is 4. The Balaban J connectivity index is 1.96. The standard InChI is InChI=1S/C15H13ClN4O3S/c1-9-2-4-10(5-3-9)14(21)18-19-15(24)17-13-8-11(20(22)23)6-7-12(13)16/h2-8H,1H3,(H,18,21)(H2,17,19,24). The molecule has 9 heteroatoms. The molecule has 0 bridgehead atoms. The lowest BCUT2D eigenvalue weighted by molar-refractivity contribution is -0.384. The second kappa shape index (κ2) is 7.71. The number of nitrogens with zero attached hydrogens (tertiary/aromatic N) is 1. The number of anilines is 1. The molecule has 2 aromatic carbocycles. The van der Waals surface area contributed by atoms with Gasteiger partial charge in [-0.05, 0) is 37.3 Å². The van der Waals surface area contributed by atoms with E-state index in [0.29, 0.717) is 5.56 Å². The molecule has 0 saturated carbocycles. The molecule has 7 nitrogen and oxygen atoms in total. The van der Waals surface area contributed by atoms with Crippen molar-refractivity contribution in [3.8, 4) is 0 Å². The summed E-state index contributed by atoms with van der Waals surface area (Å²) in [6.45, 7) is 1.92. The van der Waals surface area contributed by atoms with Gasteiger partial charge in [0.2, 0.25) is 0 Å². The number of nitrogens with one attached hydrogen (secondary N) is 3. The first-order valence-corrected chi connectivity index (χ1v) is 7.53. The number of rotatable bonds is 3. The Bertz CT molecular complexity index is 796. The van der Waals surface area contributed by atoms with Crippen LogP contribution in [0.15, 0.2) is 42.5 Å². The summed E-state index contributed by atoms with van der Waals surface area (Å²) in [6, 6.07) is 10.9. The number of nitro groups is 1. The Kier molecular flexibility index (Phi) is 5.67. The van der Waals surface area contributed by atoms with E-state index in [-0.39, 0.29) is 27.4 Å². The van der Waals surface area contributed by atoms with Crippen molar-refractivity contribution < 1.29 is 9.72 Å². The molecule has 0 aliphatic rings. The molecule has 0 radical (unpaired) electrons. The van der Waals surface area contributed by atoms with Crippen LogP contribution in [0.3, 0.4) is 0 Å². The minimum absolute atomic E-state index is 0.0397. The molecule has 0 aliphatic heterocycles. The zero-order chi connectivity index (χ0) is 17.7. The van der Waals surface area contributed by atoms with Crippen molar-refractivity contribution in [2.24, 2.45) is 0 Å². The maximum atomic E-state index is 11.9. The van der Waals surface area contributed by atoms with Crippen LogP contribution in [-0.2, 0) is 0 Å². The number of amides is 1. The Morgan fingerprint density at radius 2 is 1.83 bits per heavy atom. The highest BCUT2D eigenvalue weighted by atomic mass is 35.5.